The van der Waals surface area contributed by atoms with Crippen molar-refractivity contribution in [2.75, 3.05) is 38.1 Å². The second kappa shape index (κ2) is 6.09. The summed E-state index contributed by atoms with van der Waals surface area (Å²) in [6, 6.07) is 5.53. The normalized spacial score (nSPS) is 16.0. The molecule has 0 atom stereocenters. The smallest absolute Gasteiger partial charge is 0.261 e. The Labute approximate surface area is 139 Å². The van der Waals surface area contributed by atoms with Gasteiger partial charge in [-0.2, -0.15) is 0 Å². The number of anilines is 1. The lowest BCUT2D eigenvalue weighted by atomic mass is 10.3. The van der Waals surface area contributed by atoms with Gasteiger partial charge in [-0.25, -0.2) is 9.97 Å². The van der Waals surface area contributed by atoms with Crippen LogP contribution < -0.4 is 10.5 Å². The highest BCUT2D eigenvalue weighted by atomic mass is 16.3. The van der Waals surface area contributed by atoms with Gasteiger partial charge in [0.25, 0.3) is 5.56 Å². The number of hydrogen-bond donors (Lipinski definition) is 0. The molecule has 0 bridgehead atoms. The largest absolute Gasteiger partial charge is 0.467 e. The summed E-state index contributed by atoms with van der Waals surface area (Å²) < 4.78 is 6.92. The van der Waals surface area contributed by atoms with Gasteiger partial charge in [-0.3, -0.25) is 4.79 Å². The highest BCUT2D eigenvalue weighted by Gasteiger charge is 2.17. The number of nitrogens with zero attached hydrogens (tertiary/aromatic N) is 5. The van der Waals surface area contributed by atoms with Crippen LogP contribution in [0.1, 0.15) is 5.76 Å². The van der Waals surface area contributed by atoms with Crippen LogP contribution in [-0.4, -0.2) is 52.7 Å². The van der Waals surface area contributed by atoms with E-state index in [0.717, 1.165) is 31.9 Å². The van der Waals surface area contributed by atoms with E-state index in [4.69, 9.17) is 4.42 Å². The van der Waals surface area contributed by atoms with Crippen molar-refractivity contribution in [2.45, 2.75) is 6.54 Å². The summed E-state index contributed by atoms with van der Waals surface area (Å²) in [5.74, 6) is 1.44. The molecule has 3 aromatic heterocycles. The van der Waals surface area contributed by atoms with E-state index in [1.54, 1.807) is 23.2 Å². The van der Waals surface area contributed by atoms with Gasteiger partial charge in [0.15, 0.2) is 0 Å². The van der Waals surface area contributed by atoms with Crippen LogP contribution in [0.25, 0.3) is 10.9 Å². The molecule has 0 unspecified atom stereocenters. The molecule has 0 amide bonds. The third-order valence-corrected chi connectivity index (χ3v) is 4.40. The third-order valence-electron chi connectivity index (χ3n) is 4.40. The molecule has 1 fully saturated rings. The predicted molar refractivity (Wildman–Crippen MR) is 91.3 cm³/mol. The number of pyridine rings is 1. The van der Waals surface area contributed by atoms with Crippen LogP contribution in [0, 0.1) is 0 Å². The van der Waals surface area contributed by atoms with Gasteiger partial charge in [-0.1, -0.05) is 0 Å². The van der Waals surface area contributed by atoms with Crippen molar-refractivity contribution in [3.63, 3.8) is 0 Å². The third kappa shape index (κ3) is 2.78. The molecule has 1 saturated heterocycles. The van der Waals surface area contributed by atoms with Gasteiger partial charge < -0.3 is 18.8 Å². The molecule has 0 saturated carbocycles. The second-order valence-corrected chi connectivity index (χ2v) is 6.09. The SMILES string of the molecule is CN1CCN(c2ncc3c(=O)n(Cc4ccco4)ccc3n2)CC1. The van der Waals surface area contributed by atoms with Gasteiger partial charge in [0.1, 0.15) is 5.76 Å². The minimum absolute atomic E-state index is 0.103. The first-order valence-electron chi connectivity index (χ1n) is 8.03. The van der Waals surface area contributed by atoms with E-state index in [1.807, 2.05) is 18.2 Å². The van der Waals surface area contributed by atoms with Crippen LogP contribution in [0.5, 0.6) is 0 Å². The minimum atomic E-state index is -0.103. The fourth-order valence-electron chi connectivity index (χ4n) is 2.91. The van der Waals surface area contributed by atoms with Gasteiger partial charge in [0.05, 0.1) is 23.7 Å². The van der Waals surface area contributed by atoms with Crippen molar-refractivity contribution in [1.82, 2.24) is 19.4 Å². The molecule has 4 rings (SSSR count). The molecule has 4 heterocycles. The number of piperazine rings is 1. The molecule has 1 aliphatic rings. The Kier molecular flexibility index (Phi) is 3.78. The van der Waals surface area contributed by atoms with Crippen molar-refractivity contribution in [3.8, 4) is 0 Å². The van der Waals surface area contributed by atoms with Crippen LogP contribution in [0.2, 0.25) is 0 Å². The van der Waals surface area contributed by atoms with Crippen molar-refractivity contribution < 1.29 is 4.42 Å². The maximum Gasteiger partial charge on any atom is 0.261 e. The molecule has 0 aliphatic carbocycles. The van der Waals surface area contributed by atoms with Crippen LogP contribution in [0.4, 0.5) is 5.95 Å². The lowest BCUT2D eigenvalue weighted by Crippen LogP contribution is -2.45. The van der Waals surface area contributed by atoms with Crippen molar-refractivity contribution in [2.24, 2.45) is 0 Å². The van der Waals surface area contributed by atoms with E-state index in [9.17, 15) is 4.79 Å². The molecule has 24 heavy (non-hydrogen) atoms. The molecule has 0 spiro atoms. The Hall–Kier alpha value is -2.67. The minimum Gasteiger partial charge on any atom is -0.467 e. The van der Waals surface area contributed by atoms with E-state index in [2.05, 4.69) is 26.8 Å². The van der Waals surface area contributed by atoms with Gasteiger partial charge in [0, 0.05) is 38.6 Å². The maximum absolute atomic E-state index is 12.6. The standard InChI is InChI=1S/C17H19N5O2/c1-20-6-8-21(9-7-20)17-18-11-14-15(19-17)4-5-22(16(14)23)12-13-3-2-10-24-13/h2-5,10-11H,6-9,12H2,1H3. The number of rotatable bonds is 3. The number of furan rings is 1. The summed E-state index contributed by atoms with van der Waals surface area (Å²) in [5.41, 5.74) is 0.577. The summed E-state index contributed by atoms with van der Waals surface area (Å²) in [6.07, 6.45) is 5.00. The predicted octanol–water partition coefficient (Wildman–Crippen LogP) is 1.18. The van der Waals surface area contributed by atoms with Crippen LogP contribution >= 0.6 is 0 Å². The number of hydrogen-bond acceptors (Lipinski definition) is 6. The van der Waals surface area contributed by atoms with Crippen LogP contribution in [0.15, 0.2) is 46.1 Å². The fourth-order valence-corrected chi connectivity index (χ4v) is 2.91. The molecule has 7 nitrogen and oxygen atoms in total. The van der Waals surface area contributed by atoms with Gasteiger partial charge >= 0.3 is 0 Å². The second-order valence-electron chi connectivity index (χ2n) is 6.09. The number of likely N-dealkylation sites (N-methyl/N-ethyl adjacent to an activating group) is 1. The summed E-state index contributed by atoms with van der Waals surface area (Å²) in [5, 5.41) is 0.530. The zero-order chi connectivity index (χ0) is 16.5. The molecule has 3 aromatic rings. The lowest BCUT2D eigenvalue weighted by Gasteiger charge is -2.32. The molecule has 7 heteroatoms. The molecule has 0 aromatic carbocycles. The van der Waals surface area contributed by atoms with E-state index >= 15 is 0 Å². The van der Waals surface area contributed by atoms with Crippen LogP contribution in [-0.2, 0) is 6.54 Å². The fraction of sp³-hybridized carbons (Fsp3) is 0.353. The van der Waals surface area contributed by atoms with E-state index in [0.29, 0.717) is 23.4 Å². The Balaban J connectivity index is 1.65. The van der Waals surface area contributed by atoms with Gasteiger partial charge in [-0.05, 0) is 25.2 Å². The molecular formula is C17H19N5O2. The van der Waals surface area contributed by atoms with E-state index in [1.165, 1.54) is 0 Å². The van der Waals surface area contributed by atoms with Crippen LogP contribution in [0.3, 0.4) is 0 Å². The topological polar surface area (TPSA) is 67.4 Å². The quantitative estimate of drug-likeness (QED) is 0.720. The van der Waals surface area contributed by atoms with Crippen molar-refractivity contribution >= 4 is 16.9 Å². The van der Waals surface area contributed by atoms with Crippen molar-refractivity contribution in [1.29, 1.82) is 0 Å². The molecule has 1 aliphatic heterocycles. The molecular weight excluding hydrogens is 306 g/mol. The first kappa shape index (κ1) is 14.9. The first-order chi connectivity index (χ1) is 11.7. The number of fused-ring (bicyclic) bond motifs is 1. The maximum atomic E-state index is 12.6. The Bertz CT molecular complexity index is 895. The zero-order valence-corrected chi connectivity index (χ0v) is 13.6. The van der Waals surface area contributed by atoms with E-state index < -0.39 is 0 Å². The average Bonchev–Trinajstić information content (AvgIpc) is 3.11. The summed E-state index contributed by atoms with van der Waals surface area (Å²) in [6.45, 7) is 4.19. The van der Waals surface area contributed by atoms with Gasteiger partial charge in [-0.15, -0.1) is 0 Å². The molecule has 0 radical (unpaired) electrons. The molecule has 0 N–H and O–H groups in total. The summed E-state index contributed by atoms with van der Waals surface area (Å²) in [7, 11) is 2.11. The Morgan fingerprint density at radius 3 is 2.79 bits per heavy atom. The Morgan fingerprint density at radius 2 is 2.04 bits per heavy atom. The monoisotopic (exact) mass is 325 g/mol. The zero-order valence-electron chi connectivity index (χ0n) is 13.6. The summed E-state index contributed by atoms with van der Waals surface area (Å²) in [4.78, 5) is 26.0. The summed E-state index contributed by atoms with van der Waals surface area (Å²) >= 11 is 0. The van der Waals surface area contributed by atoms with Crippen molar-refractivity contribution in [3.05, 3.63) is 53.0 Å². The Morgan fingerprint density at radius 1 is 1.21 bits per heavy atom. The number of aromatic nitrogens is 3. The highest BCUT2D eigenvalue weighted by Crippen LogP contribution is 2.14. The molecule has 124 valence electrons. The van der Waals surface area contributed by atoms with Gasteiger partial charge in [0.2, 0.25) is 5.95 Å². The average molecular weight is 325 g/mol. The van der Waals surface area contributed by atoms with E-state index in [-0.39, 0.29) is 5.56 Å². The highest BCUT2D eigenvalue weighted by molar-refractivity contribution is 5.77. The lowest BCUT2D eigenvalue weighted by molar-refractivity contribution is 0.311. The first-order valence-corrected chi connectivity index (χ1v) is 8.03.